The third kappa shape index (κ3) is 3.41. The van der Waals surface area contributed by atoms with E-state index in [0.29, 0.717) is 17.1 Å². The first-order valence-electron chi connectivity index (χ1n) is 8.58. The van der Waals surface area contributed by atoms with Crippen LogP contribution in [-0.4, -0.2) is 34.7 Å². The summed E-state index contributed by atoms with van der Waals surface area (Å²) in [5.41, 5.74) is 0.399. The van der Waals surface area contributed by atoms with Gasteiger partial charge in [0.15, 0.2) is 11.5 Å². The molecule has 0 atom stereocenters. The van der Waals surface area contributed by atoms with Crippen molar-refractivity contribution in [2.75, 3.05) is 19.5 Å². The summed E-state index contributed by atoms with van der Waals surface area (Å²) in [5, 5.41) is 6.70. The van der Waals surface area contributed by atoms with Crippen LogP contribution in [0.15, 0.2) is 63.9 Å². The Morgan fingerprint density at radius 1 is 1.07 bits per heavy atom. The highest BCUT2D eigenvalue weighted by Gasteiger charge is 2.16. The third-order valence-electron chi connectivity index (χ3n) is 4.20. The highest BCUT2D eigenvalue weighted by molar-refractivity contribution is 6.04. The number of aromatic nitrogens is 3. The van der Waals surface area contributed by atoms with Crippen LogP contribution in [0.5, 0.6) is 11.5 Å². The number of hydrogen-bond acceptors (Lipinski definition) is 7. The minimum atomic E-state index is -0.560. The summed E-state index contributed by atoms with van der Waals surface area (Å²) in [6, 6.07) is 13.8. The van der Waals surface area contributed by atoms with Crippen LogP contribution in [0.2, 0.25) is 0 Å². The number of carbonyl (C=O) groups is 1. The molecule has 1 amide bonds. The van der Waals surface area contributed by atoms with Gasteiger partial charge in [0.05, 0.1) is 20.4 Å². The van der Waals surface area contributed by atoms with Crippen molar-refractivity contribution in [1.82, 2.24) is 14.6 Å². The Labute approximate surface area is 164 Å². The highest BCUT2D eigenvalue weighted by atomic mass is 16.5. The fourth-order valence-corrected chi connectivity index (χ4v) is 2.74. The summed E-state index contributed by atoms with van der Waals surface area (Å²) in [6.07, 6.45) is 1.23. The second kappa shape index (κ2) is 7.47. The number of nitrogens with one attached hydrogen (secondary N) is 1. The van der Waals surface area contributed by atoms with Gasteiger partial charge < -0.3 is 19.2 Å². The number of hydrogen-bond donors (Lipinski definition) is 1. The number of benzene rings is 2. The smallest absolute Gasteiger partial charge is 0.328 e. The van der Waals surface area contributed by atoms with E-state index < -0.39 is 11.5 Å². The second-order valence-corrected chi connectivity index (χ2v) is 5.97. The average molecular weight is 392 g/mol. The molecule has 1 N–H and O–H groups in total. The van der Waals surface area contributed by atoms with E-state index >= 15 is 0 Å². The minimum Gasteiger partial charge on any atom is -0.493 e. The molecule has 0 unspecified atom stereocenters. The fourth-order valence-electron chi connectivity index (χ4n) is 2.74. The number of anilines is 1. The molecule has 2 heterocycles. The molecule has 4 aromatic rings. The predicted octanol–water partition coefficient (Wildman–Crippen LogP) is 2.62. The highest BCUT2D eigenvalue weighted by Crippen LogP contribution is 2.27. The first kappa shape index (κ1) is 18.2. The van der Waals surface area contributed by atoms with Crippen LogP contribution in [0.4, 0.5) is 5.69 Å². The first-order chi connectivity index (χ1) is 14.1. The Morgan fingerprint density at radius 2 is 1.83 bits per heavy atom. The normalized spacial score (nSPS) is 10.7. The van der Waals surface area contributed by atoms with E-state index in [9.17, 15) is 9.59 Å². The van der Waals surface area contributed by atoms with Crippen molar-refractivity contribution in [3.05, 3.63) is 70.6 Å². The van der Waals surface area contributed by atoms with E-state index in [1.807, 2.05) is 18.2 Å². The lowest BCUT2D eigenvalue weighted by Gasteiger charge is -2.09. The standard InChI is InChI=1S/C20H16N4O5/c1-27-15-9-8-13(10-16(15)28-2)17(25)22-14-11-21-20-24(19(14)26)23-18(29-20)12-6-4-3-5-7-12/h3-11H,1-2H3,(H,22,25). The van der Waals surface area contributed by atoms with Gasteiger partial charge in [-0.05, 0) is 30.3 Å². The van der Waals surface area contributed by atoms with Crippen molar-refractivity contribution in [3.63, 3.8) is 0 Å². The van der Waals surface area contributed by atoms with Gasteiger partial charge >= 0.3 is 11.4 Å². The van der Waals surface area contributed by atoms with Crippen LogP contribution in [0.3, 0.4) is 0 Å². The largest absolute Gasteiger partial charge is 0.493 e. The molecule has 0 fully saturated rings. The van der Waals surface area contributed by atoms with Crippen LogP contribution < -0.4 is 20.3 Å². The van der Waals surface area contributed by atoms with Gasteiger partial charge in [0.2, 0.25) is 5.89 Å². The predicted molar refractivity (Wildman–Crippen MR) is 104 cm³/mol. The van der Waals surface area contributed by atoms with E-state index in [-0.39, 0.29) is 23.0 Å². The number of methoxy groups -OCH3 is 2. The van der Waals surface area contributed by atoms with Gasteiger partial charge in [-0.15, -0.1) is 9.61 Å². The zero-order valence-electron chi connectivity index (χ0n) is 15.6. The number of rotatable bonds is 5. The molecular weight excluding hydrogens is 376 g/mol. The number of nitrogens with zero attached hydrogens (tertiary/aromatic N) is 3. The van der Waals surface area contributed by atoms with Gasteiger partial charge in [-0.3, -0.25) is 9.59 Å². The van der Waals surface area contributed by atoms with E-state index in [0.717, 1.165) is 4.52 Å². The maximum absolute atomic E-state index is 12.7. The molecule has 0 aliphatic heterocycles. The molecule has 2 aromatic carbocycles. The van der Waals surface area contributed by atoms with E-state index in [1.165, 1.54) is 26.5 Å². The Kier molecular flexibility index (Phi) is 4.70. The Morgan fingerprint density at radius 3 is 2.55 bits per heavy atom. The quantitative estimate of drug-likeness (QED) is 0.556. The van der Waals surface area contributed by atoms with Gasteiger partial charge in [-0.1, -0.05) is 18.2 Å². The Balaban J connectivity index is 1.65. The molecule has 0 saturated carbocycles. The van der Waals surface area contributed by atoms with Crippen LogP contribution in [-0.2, 0) is 0 Å². The van der Waals surface area contributed by atoms with Gasteiger partial charge in [0, 0.05) is 11.1 Å². The molecular formula is C20H16N4O5. The summed E-state index contributed by atoms with van der Waals surface area (Å²) >= 11 is 0. The summed E-state index contributed by atoms with van der Waals surface area (Å²) in [5.74, 6) is 0.658. The average Bonchev–Trinajstić information content (AvgIpc) is 3.21. The second-order valence-electron chi connectivity index (χ2n) is 5.97. The van der Waals surface area contributed by atoms with Crippen LogP contribution in [0.25, 0.3) is 17.3 Å². The molecule has 2 aromatic heterocycles. The molecule has 9 heteroatoms. The maximum Gasteiger partial charge on any atom is 0.328 e. The molecule has 0 aliphatic rings. The summed E-state index contributed by atoms with van der Waals surface area (Å²) in [7, 11) is 2.97. The van der Waals surface area contributed by atoms with Crippen LogP contribution in [0.1, 0.15) is 10.4 Å². The SMILES string of the molecule is COc1ccc(C(=O)Nc2cnc3oc(-c4ccccc4)nn3c2=O)cc1OC. The molecule has 0 saturated heterocycles. The van der Waals surface area contributed by atoms with E-state index in [2.05, 4.69) is 15.4 Å². The first-order valence-corrected chi connectivity index (χ1v) is 8.58. The molecule has 0 radical (unpaired) electrons. The summed E-state index contributed by atoms with van der Waals surface area (Å²) in [4.78, 5) is 29.3. The monoisotopic (exact) mass is 392 g/mol. The molecule has 0 bridgehead atoms. The number of amides is 1. The molecule has 29 heavy (non-hydrogen) atoms. The van der Waals surface area contributed by atoms with Crippen LogP contribution in [0, 0.1) is 0 Å². The van der Waals surface area contributed by atoms with Gasteiger partial charge in [-0.2, -0.15) is 0 Å². The lowest BCUT2D eigenvalue weighted by Crippen LogP contribution is -2.23. The lowest BCUT2D eigenvalue weighted by atomic mass is 10.2. The summed E-state index contributed by atoms with van der Waals surface area (Å²) in [6.45, 7) is 0. The molecule has 4 rings (SSSR count). The zero-order valence-corrected chi connectivity index (χ0v) is 15.6. The molecule has 0 aliphatic carbocycles. The van der Waals surface area contributed by atoms with Crippen LogP contribution >= 0.6 is 0 Å². The molecule has 146 valence electrons. The zero-order chi connectivity index (χ0) is 20.4. The number of fused-ring (bicyclic) bond motifs is 1. The Bertz CT molecular complexity index is 1250. The van der Waals surface area contributed by atoms with Gasteiger partial charge in [-0.25, -0.2) is 4.98 Å². The maximum atomic E-state index is 12.7. The summed E-state index contributed by atoms with van der Waals surface area (Å²) < 4.78 is 16.9. The number of ether oxygens (including phenoxy) is 2. The van der Waals surface area contributed by atoms with E-state index in [4.69, 9.17) is 13.9 Å². The molecule has 9 nitrogen and oxygen atoms in total. The van der Waals surface area contributed by atoms with Crippen molar-refractivity contribution < 1.29 is 18.7 Å². The van der Waals surface area contributed by atoms with Crippen molar-refractivity contribution in [3.8, 4) is 23.0 Å². The van der Waals surface area contributed by atoms with E-state index in [1.54, 1.807) is 24.3 Å². The minimum absolute atomic E-state index is 0.0259. The van der Waals surface area contributed by atoms with Gasteiger partial charge in [0.1, 0.15) is 5.69 Å². The fraction of sp³-hybridized carbons (Fsp3) is 0.100. The van der Waals surface area contributed by atoms with Crippen molar-refractivity contribution in [1.29, 1.82) is 0 Å². The topological polar surface area (TPSA) is 108 Å². The van der Waals surface area contributed by atoms with Gasteiger partial charge in [0.25, 0.3) is 5.91 Å². The number of carbonyl (C=O) groups excluding carboxylic acids is 1. The lowest BCUT2D eigenvalue weighted by molar-refractivity contribution is 0.102. The third-order valence-corrected chi connectivity index (χ3v) is 4.20. The molecule has 0 spiro atoms. The van der Waals surface area contributed by atoms with Crippen molar-refractivity contribution in [2.45, 2.75) is 0 Å². The van der Waals surface area contributed by atoms with Crippen molar-refractivity contribution in [2.24, 2.45) is 0 Å². The Hall–Kier alpha value is -4.14. The van der Waals surface area contributed by atoms with Crippen molar-refractivity contribution >= 4 is 17.4 Å².